The van der Waals surface area contributed by atoms with Crippen molar-refractivity contribution < 1.29 is 9.21 Å². The minimum Gasteiger partial charge on any atom is -0.459 e. The summed E-state index contributed by atoms with van der Waals surface area (Å²) >= 11 is 0. The number of piperazine rings is 1. The summed E-state index contributed by atoms with van der Waals surface area (Å²) in [7, 11) is 0. The summed E-state index contributed by atoms with van der Waals surface area (Å²) < 4.78 is 5.21. The third-order valence-corrected chi connectivity index (χ3v) is 4.94. The van der Waals surface area contributed by atoms with Gasteiger partial charge in [-0.25, -0.2) is 9.97 Å². The fraction of sp³-hybridized carbons (Fsp3) is 0.500. The summed E-state index contributed by atoms with van der Waals surface area (Å²) in [5.41, 5.74) is 0. The maximum Gasteiger partial charge on any atom is 0.289 e. The highest BCUT2D eigenvalue weighted by Gasteiger charge is 2.24. The molecule has 0 spiro atoms. The number of hydrogen-bond donors (Lipinski definition) is 0. The van der Waals surface area contributed by atoms with E-state index in [9.17, 15) is 4.79 Å². The van der Waals surface area contributed by atoms with E-state index in [0.29, 0.717) is 18.8 Å². The second-order valence-corrected chi connectivity index (χ2v) is 6.54. The highest BCUT2D eigenvalue weighted by Crippen LogP contribution is 2.22. The maximum absolute atomic E-state index is 12.3. The number of furan rings is 1. The minimum absolute atomic E-state index is 0.0404. The monoisotopic (exact) mass is 341 g/mol. The first-order valence-corrected chi connectivity index (χ1v) is 8.96. The lowest BCUT2D eigenvalue weighted by Crippen LogP contribution is -2.49. The lowest BCUT2D eigenvalue weighted by molar-refractivity contribution is 0.0714. The second-order valence-electron chi connectivity index (χ2n) is 6.54. The summed E-state index contributed by atoms with van der Waals surface area (Å²) in [4.78, 5) is 27.6. The van der Waals surface area contributed by atoms with Crippen molar-refractivity contribution in [2.45, 2.75) is 19.3 Å². The van der Waals surface area contributed by atoms with Crippen LogP contribution in [0.25, 0.3) is 0 Å². The van der Waals surface area contributed by atoms with E-state index in [1.165, 1.54) is 25.5 Å². The molecule has 0 aromatic carbocycles. The third-order valence-electron chi connectivity index (χ3n) is 4.94. The molecule has 2 aliphatic heterocycles. The predicted molar refractivity (Wildman–Crippen MR) is 94.9 cm³/mol. The van der Waals surface area contributed by atoms with Gasteiger partial charge < -0.3 is 19.1 Å². The Morgan fingerprint density at radius 2 is 1.60 bits per heavy atom. The summed E-state index contributed by atoms with van der Waals surface area (Å²) in [6, 6.07) is 5.53. The molecule has 4 heterocycles. The van der Waals surface area contributed by atoms with E-state index in [1.807, 2.05) is 4.90 Å². The van der Waals surface area contributed by atoms with Gasteiger partial charge in [-0.2, -0.15) is 0 Å². The maximum atomic E-state index is 12.3. The van der Waals surface area contributed by atoms with Crippen LogP contribution in [0.1, 0.15) is 29.8 Å². The third kappa shape index (κ3) is 3.45. The minimum atomic E-state index is -0.0404. The molecule has 4 rings (SSSR count). The molecule has 0 unspecified atom stereocenters. The molecule has 2 aliphatic rings. The molecular formula is C18H23N5O2. The second kappa shape index (κ2) is 7.13. The van der Waals surface area contributed by atoms with Gasteiger partial charge in [-0.15, -0.1) is 0 Å². The Labute approximate surface area is 147 Å². The number of hydrogen-bond acceptors (Lipinski definition) is 6. The molecule has 0 aliphatic carbocycles. The van der Waals surface area contributed by atoms with E-state index in [2.05, 4.69) is 25.8 Å². The van der Waals surface area contributed by atoms with E-state index in [4.69, 9.17) is 4.42 Å². The van der Waals surface area contributed by atoms with Crippen molar-refractivity contribution in [3.8, 4) is 0 Å². The summed E-state index contributed by atoms with van der Waals surface area (Å²) in [5, 5.41) is 0. The molecule has 1 amide bonds. The van der Waals surface area contributed by atoms with E-state index in [0.717, 1.165) is 37.8 Å². The lowest BCUT2D eigenvalue weighted by atomic mass is 10.1. The Balaban J connectivity index is 1.40. The van der Waals surface area contributed by atoms with Gasteiger partial charge in [-0.1, -0.05) is 0 Å². The summed E-state index contributed by atoms with van der Waals surface area (Å²) in [5.74, 6) is 2.32. The number of piperidine rings is 1. The molecule has 0 radical (unpaired) electrons. The van der Waals surface area contributed by atoms with E-state index >= 15 is 0 Å². The van der Waals surface area contributed by atoms with E-state index in [1.54, 1.807) is 18.5 Å². The first-order chi connectivity index (χ1) is 12.3. The standard InChI is InChI=1S/C18H23N5O2/c24-18(15-5-4-12-25-15)23-10-8-22(9-11-23)17-13-16(19-14-20-17)21-6-2-1-3-7-21/h4-5,12-14H,1-3,6-11H2. The first kappa shape index (κ1) is 15.9. The Hall–Kier alpha value is -2.57. The number of anilines is 2. The van der Waals surface area contributed by atoms with Crippen LogP contribution in [0, 0.1) is 0 Å². The smallest absolute Gasteiger partial charge is 0.289 e. The number of carbonyl (C=O) groups excluding carboxylic acids is 1. The van der Waals surface area contributed by atoms with Gasteiger partial charge in [-0.05, 0) is 31.4 Å². The van der Waals surface area contributed by atoms with Crippen LogP contribution < -0.4 is 9.80 Å². The Bertz CT molecular complexity index is 704. The topological polar surface area (TPSA) is 65.7 Å². The molecule has 7 heteroatoms. The zero-order chi connectivity index (χ0) is 17.1. The van der Waals surface area contributed by atoms with E-state index in [-0.39, 0.29) is 5.91 Å². The van der Waals surface area contributed by atoms with Crippen LogP contribution in [0.2, 0.25) is 0 Å². The molecule has 2 fully saturated rings. The van der Waals surface area contributed by atoms with E-state index < -0.39 is 0 Å². The molecule has 2 aromatic rings. The fourth-order valence-electron chi connectivity index (χ4n) is 3.50. The van der Waals surface area contributed by atoms with Crippen molar-refractivity contribution in [1.29, 1.82) is 0 Å². The summed E-state index contributed by atoms with van der Waals surface area (Å²) in [6.07, 6.45) is 6.95. The predicted octanol–water partition coefficient (Wildman–Crippen LogP) is 2.02. The van der Waals surface area contributed by atoms with Crippen molar-refractivity contribution in [3.63, 3.8) is 0 Å². The van der Waals surface area contributed by atoms with Crippen LogP contribution in [0.15, 0.2) is 35.2 Å². The van der Waals surface area contributed by atoms with Gasteiger partial charge in [0.1, 0.15) is 18.0 Å². The Morgan fingerprint density at radius 3 is 2.24 bits per heavy atom. The SMILES string of the molecule is O=C(c1ccco1)N1CCN(c2cc(N3CCCCC3)ncn2)CC1. The number of nitrogens with zero attached hydrogens (tertiary/aromatic N) is 5. The Morgan fingerprint density at radius 1 is 0.920 bits per heavy atom. The molecule has 2 saturated heterocycles. The van der Waals surface area contributed by atoms with Crippen LogP contribution in [0.4, 0.5) is 11.6 Å². The average molecular weight is 341 g/mol. The van der Waals surface area contributed by atoms with Gasteiger partial charge >= 0.3 is 0 Å². The lowest BCUT2D eigenvalue weighted by Gasteiger charge is -2.35. The van der Waals surface area contributed by atoms with Gasteiger partial charge in [0.05, 0.1) is 6.26 Å². The van der Waals surface area contributed by atoms with Crippen molar-refractivity contribution >= 4 is 17.5 Å². The highest BCUT2D eigenvalue weighted by atomic mass is 16.3. The fourth-order valence-corrected chi connectivity index (χ4v) is 3.50. The van der Waals surface area contributed by atoms with Crippen molar-refractivity contribution in [2.75, 3.05) is 49.1 Å². The number of carbonyl (C=O) groups is 1. The zero-order valence-electron chi connectivity index (χ0n) is 14.3. The molecule has 7 nitrogen and oxygen atoms in total. The Kier molecular flexibility index (Phi) is 4.54. The molecule has 132 valence electrons. The first-order valence-electron chi connectivity index (χ1n) is 8.96. The van der Waals surface area contributed by atoms with Crippen molar-refractivity contribution in [2.24, 2.45) is 0 Å². The van der Waals surface area contributed by atoms with Gasteiger partial charge in [0.25, 0.3) is 5.91 Å². The normalized spacial score (nSPS) is 18.5. The zero-order valence-corrected chi connectivity index (χ0v) is 14.3. The van der Waals surface area contributed by atoms with Crippen LogP contribution >= 0.6 is 0 Å². The van der Waals surface area contributed by atoms with Gasteiger partial charge in [-0.3, -0.25) is 4.79 Å². The quantitative estimate of drug-likeness (QED) is 0.851. The van der Waals surface area contributed by atoms with Crippen molar-refractivity contribution in [3.05, 3.63) is 36.5 Å². The molecule has 25 heavy (non-hydrogen) atoms. The molecule has 0 saturated carbocycles. The van der Waals surface area contributed by atoms with Gasteiger partial charge in [0, 0.05) is 45.3 Å². The number of aromatic nitrogens is 2. The van der Waals surface area contributed by atoms with Crippen LogP contribution in [-0.4, -0.2) is 60.0 Å². The molecule has 0 bridgehead atoms. The van der Waals surface area contributed by atoms with Crippen LogP contribution in [-0.2, 0) is 0 Å². The highest BCUT2D eigenvalue weighted by molar-refractivity contribution is 5.91. The van der Waals surface area contributed by atoms with Crippen molar-refractivity contribution in [1.82, 2.24) is 14.9 Å². The van der Waals surface area contributed by atoms with Crippen LogP contribution in [0.5, 0.6) is 0 Å². The largest absolute Gasteiger partial charge is 0.459 e. The van der Waals surface area contributed by atoms with Gasteiger partial charge in [0.15, 0.2) is 5.76 Å². The average Bonchev–Trinajstić information content (AvgIpc) is 3.23. The number of rotatable bonds is 3. The summed E-state index contributed by atoms with van der Waals surface area (Å²) in [6.45, 7) is 5.01. The number of amides is 1. The molecule has 0 atom stereocenters. The van der Waals surface area contributed by atoms with Crippen LogP contribution in [0.3, 0.4) is 0 Å². The molecule has 2 aromatic heterocycles. The van der Waals surface area contributed by atoms with Gasteiger partial charge in [0.2, 0.25) is 0 Å². The molecule has 0 N–H and O–H groups in total. The molecular weight excluding hydrogens is 318 g/mol.